The normalized spacial score (nSPS) is 10.5. The van der Waals surface area contributed by atoms with Crippen molar-refractivity contribution in [2.45, 2.75) is 0 Å². The molecule has 126 valence electrons. The Labute approximate surface area is 151 Å². The first kappa shape index (κ1) is 15.8. The Morgan fingerprint density at radius 1 is 0.885 bits per heavy atom. The van der Waals surface area contributed by atoms with Crippen LogP contribution >= 0.6 is 0 Å². The molecule has 5 heteroatoms. The second kappa shape index (κ2) is 7.03. The van der Waals surface area contributed by atoms with Crippen LogP contribution in [0.15, 0.2) is 91.3 Å². The number of rotatable bonds is 4. The van der Waals surface area contributed by atoms with Crippen molar-refractivity contribution in [2.24, 2.45) is 0 Å². The number of hydrogen-bond acceptors (Lipinski definition) is 3. The van der Waals surface area contributed by atoms with Gasteiger partial charge in [0.1, 0.15) is 5.82 Å². The fraction of sp³-hybridized carbons (Fsp3) is 0. The third-order valence-electron chi connectivity index (χ3n) is 3.95. The molecule has 4 aromatic rings. The molecule has 0 fully saturated rings. The molecule has 0 unspecified atom stereocenters. The molecule has 0 saturated heterocycles. The Bertz CT molecular complexity index is 1010. The lowest BCUT2D eigenvalue weighted by atomic mass is 10.2. The number of benzene rings is 2. The van der Waals surface area contributed by atoms with Crippen LogP contribution in [0.4, 0.5) is 5.82 Å². The summed E-state index contributed by atoms with van der Waals surface area (Å²) in [5.41, 5.74) is 3.09. The lowest BCUT2D eigenvalue weighted by Crippen LogP contribution is -2.14. The van der Waals surface area contributed by atoms with Gasteiger partial charge in [-0.3, -0.25) is 9.78 Å². The number of anilines is 1. The van der Waals surface area contributed by atoms with Gasteiger partial charge in [-0.15, -0.1) is 0 Å². The van der Waals surface area contributed by atoms with Crippen LogP contribution in [0.2, 0.25) is 0 Å². The molecule has 26 heavy (non-hydrogen) atoms. The van der Waals surface area contributed by atoms with Crippen molar-refractivity contribution in [1.82, 2.24) is 14.8 Å². The molecule has 4 rings (SSSR count). The highest BCUT2D eigenvalue weighted by Crippen LogP contribution is 2.24. The minimum Gasteiger partial charge on any atom is -0.306 e. The van der Waals surface area contributed by atoms with E-state index in [4.69, 9.17) is 0 Å². The lowest BCUT2D eigenvalue weighted by molar-refractivity contribution is 0.102. The summed E-state index contributed by atoms with van der Waals surface area (Å²) in [6, 6.07) is 24.5. The van der Waals surface area contributed by atoms with Gasteiger partial charge in [-0.2, -0.15) is 5.10 Å². The zero-order valence-electron chi connectivity index (χ0n) is 13.9. The van der Waals surface area contributed by atoms with E-state index in [1.165, 1.54) is 0 Å². The van der Waals surface area contributed by atoms with E-state index < -0.39 is 0 Å². The quantitative estimate of drug-likeness (QED) is 0.606. The van der Waals surface area contributed by atoms with Crippen molar-refractivity contribution in [3.63, 3.8) is 0 Å². The molecule has 0 saturated carbocycles. The van der Waals surface area contributed by atoms with E-state index in [1.807, 2.05) is 66.7 Å². The Kier molecular flexibility index (Phi) is 4.26. The average Bonchev–Trinajstić information content (AvgIpc) is 3.14. The van der Waals surface area contributed by atoms with Gasteiger partial charge in [0, 0.05) is 29.6 Å². The third-order valence-corrected chi connectivity index (χ3v) is 3.95. The first-order valence-electron chi connectivity index (χ1n) is 8.23. The number of nitrogens with one attached hydrogen (secondary N) is 1. The maximum Gasteiger partial charge on any atom is 0.256 e. The van der Waals surface area contributed by atoms with Crippen LogP contribution in [0, 0.1) is 0 Å². The molecule has 0 spiro atoms. The number of carbonyl (C=O) groups excluding carboxylic acids is 1. The predicted octanol–water partition coefficient (Wildman–Crippen LogP) is 4.19. The fourth-order valence-electron chi connectivity index (χ4n) is 2.67. The van der Waals surface area contributed by atoms with Crippen molar-refractivity contribution < 1.29 is 4.79 Å². The summed E-state index contributed by atoms with van der Waals surface area (Å²) < 4.78 is 1.73. The molecule has 0 aliphatic heterocycles. The van der Waals surface area contributed by atoms with Gasteiger partial charge in [0.2, 0.25) is 0 Å². The van der Waals surface area contributed by atoms with Gasteiger partial charge in [-0.1, -0.05) is 36.4 Å². The number of aromatic nitrogens is 3. The maximum absolute atomic E-state index is 12.6. The largest absolute Gasteiger partial charge is 0.306 e. The molecular formula is C21H16N4O. The number of hydrogen-bond donors (Lipinski definition) is 1. The number of pyridine rings is 1. The average molecular weight is 340 g/mol. The number of carbonyl (C=O) groups is 1. The Balaban J connectivity index is 1.75. The number of para-hydroxylation sites is 1. The zero-order valence-corrected chi connectivity index (χ0v) is 13.9. The summed E-state index contributed by atoms with van der Waals surface area (Å²) >= 11 is 0. The Hall–Kier alpha value is -3.73. The van der Waals surface area contributed by atoms with Crippen LogP contribution in [0.25, 0.3) is 16.9 Å². The molecule has 0 aliphatic carbocycles. The molecule has 2 aromatic carbocycles. The molecule has 2 heterocycles. The van der Waals surface area contributed by atoms with Gasteiger partial charge in [-0.25, -0.2) is 4.68 Å². The van der Waals surface area contributed by atoms with E-state index in [1.54, 1.807) is 29.2 Å². The molecule has 0 atom stereocenters. The van der Waals surface area contributed by atoms with E-state index in [0.717, 1.165) is 16.9 Å². The van der Waals surface area contributed by atoms with Gasteiger partial charge in [0.05, 0.1) is 11.4 Å². The Morgan fingerprint density at radius 2 is 1.62 bits per heavy atom. The predicted molar refractivity (Wildman–Crippen MR) is 101 cm³/mol. The minimum absolute atomic E-state index is 0.180. The van der Waals surface area contributed by atoms with E-state index in [-0.39, 0.29) is 5.91 Å². The molecular weight excluding hydrogens is 324 g/mol. The summed E-state index contributed by atoms with van der Waals surface area (Å²) in [5, 5.41) is 7.62. The summed E-state index contributed by atoms with van der Waals surface area (Å²) in [7, 11) is 0. The van der Waals surface area contributed by atoms with E-state index >= 15 is 0 Å². The van der Waals surface area contributed by atoms with Crippen LogP contribution in [-0.2, 0) is 0 Å². The van der Waals surface area contributed by atoms with Crippen LogP contribution < -0.4 is 5.32 Å². The van der Waals surface area contributed by atoms with Crippen LogP contribution in [0.1, 0.15) is 10.4 Å². The molecule has 1 N–H and O–H groups in total. The van der Waals surface area contributed by atoms with E-state index in [9.17, 15) is 4.79 Å². The van der Waals surface area contributed by atoms with Crippen molar-refractivity contribution in [1.29, 1.82) is 0 Å². The van der Waals surface area contributed by atoms with Gasteiger partial charge < -0.3 is 5.32 Å². The number of amides is 1. The van der Waals surface area contributed by atoms with Gasteiger partial charge in [0.15, 0.2) is 0 Å². The van der Waals surface area contributed by atoms with Crippen LogP contribution in [0.5, 0.6) is 0 Å². The van der Waals surface area contributed by atoms with Crippen molar-refractivity contribution in [2.75, 3.05) is 5.32 Å². The fourth-order valence-corrected chi connectivity index (χ4v) is 2.67. The van der Waals surface area contributed by atoms with Crippen LogP contribution in [-0.4, -0.2) is 20.7 Å². The summed E-state index contributed by atoms with van der Waals surface area (Å²) in [6.07, 6.45) is 3.47. The van der Waals surface area contributed by atoms with Crippen molar-refractivity contribution in [3.8, 4) is 16.9 Å². The zero-order chi connectivity index (χ0) is 17.8. The molecule has 5 nitrogen and oxygen atoms in total. The second-order valence-corrected chi connectivity index (χ2v) is 5.72. The Morgan fingerprint density at radius 3 is 2.31 bits per heavy atom. The van der Waals surface area contributed by atoms with Crippen molar-refractivity contribution >= 4 is 11.7 Å². The highest BCUT2D eigenvalue weighted by molar-refractivity contribution is 6.04. The highest BCUT2D eigenvalue weighted by Gasteiger charge is 2.14. The molecule has 1 amide bonds. The minimum atomic E-state index is -0.180. The SMILES string of the molecule is O=C(Nc1cc(-c2cccnc2)nn1-c1ccccc1)c1ccccc1. The summed E-state index contributed by atoms with van der Waals surface area (Å²) in [5.74, 6) is 0.421. The molecule has 2 aromatic heterocycles. The number of nitrogens with zero attached hydrogens (tertiary/aromatic N) is 3. The topological polar surface area (TPSA) is 59.8 Å². The smallest absolute Gasteiger partial charge is 0.256 e. The molecule has 0 bridgehead atoms. The summed E-state index contributed by atoms with van der Waals surface area (Å²) in [4.78, 5) is 16.7. The van der Waals surface area contributed by atoms with Gasteiger partial charge in [-0.05, 0) is 36.4 Å². The lowest BCUT2D eigenvalue weighted by Gasteiger charge is -2.08. The first-order valence-corrected chi connectivity index (χ1v) is 8.23. The van der Waals surface area contributed by atoms with E-state index in [0.29, 0.717) is 11.4 Å². The van der Waals surface area contributed by atoms with Crippen LogP contribution in [0.3, 0.4) is 0 Å². The third kappa shape index (κ3) is 3.23. The molecule has 0 radical (unpaired) electrons. The second-order valence-electron chi connectivity index (χ2n) is 5.72. The monoisotopic (exact) mass is 340 g/mol. The van der Waals surface area contributed by atoms with Crippen molar-refractivity contribution in [3.05, 3.63) is 96.8 Å². The molecule has 0 aliphatic rings. The summed E-state index contributed by atoms with van der Waals surface area (Å²) in [6.45, 7) is 0. The maximum atomic E-state index is 12.6. The highest BCUT2D eigenvalue weighted by atomic mass is 16.1. The van der Waals surface area contributed by atoms with Gasteiger partial charge >= 0.3 is 0 Å². The van der Waals surface area contributed by atoms with E-state index in [2.05, 4.69) is 15.4 Å². The van der Waals surface area contributed by atoms with Gasteiger partial charge in [0.25, 0.3) is 5.91 Å². The first-order chi connectivity index (χ1) is 12.8. The standard InChI is InChI=1S/C21H16N4O/c26-21(16-8-3-1-4-9-16)23-20-14-19(17-10-7-13-22-15-17)24-25(20)18-11-5-2-6-12-18/h1-15H,(H,23,26).